The predicted molar refractivity (Wildman–Crippen MR) is 124 cm³/mol. The lowest BCUT2D eigenvalue weighted by Crippen LogP contribution is -2.42. The minimum atomic E-state index is -2.29. The summed E-state index contributed by atoms with van der Waals surface area (Å²) in [5.74, 6) is -0.484. The number of rotatable bonds is 7. The number of carbonyl (C=O) groups is 1. The van der Waals surface area contributed by atoms with Crippen LogP contribution < -0.4 is 5.32 Å². The minimum Gasteiger partial charge on any atom is -0.304 e. The van der Waals surface area contributed by atoms with Crippen LogP contribution in [-0.2, 0) is 20.9 Å². The number of nitrogens with one attached hydrogen (secondary N) is 1. The zero-order valence-electron chi connectivity index (χ0n) is 18.4. The Morgan fingerprint density at radius 3 is 2.66 bits per heavy atom. The molecule has 1 aliphatic carbocycles. The molecule has 1 saturated carbocycles. The molecule has 1 saturated heterocycles. The number of Topliss-reactive ketones (excluding diaryl/α,β-unsaturated/α-hetero) is 1. The number of carbonyl (C=O) groups excluding carboxylic acids is 1. The first-order valence-corrected chi connectivity index (χ1v) is 13.3. The maximum Gasteiger partial charge on any atom is 0.151 e. The van der Waals surface area contributed by atoms with Gasteiger partial charge in [-0.15, -0.1) is 0 Å². The van der Waals surface area contributed by atoms with Gasteiger partial charge in [-0.05, 0) is 66.5 Å². The first-order valence-electron chi connectivity index (χ1n) is 11.0. The average molecular weight is 454 g/mol. The van der Waals surface area contributed by atoms with Crippen molar-refractivity contribution in [1.29, 1.82) is 5.26 Å². The van der Waals surface area contributed by atoms with Crippen LogP contribution in [0.4, 0.5) is 10.1 Å². The molecule has 0 spiro atoms. The number of nitriles is 1. The molecule has 0 radical (unpaired) electrons. The van der Waals surface area contributed by atoms with E-state index in [1.807, 2.05) is 6.07 Å². The topological polar surface area (TPSA) is 82.3 Å². The Balaban J connectivity index is 1.46. The summed E-state index contributed by atoms with van der Waals surface area (Å²) in [5.41, 5.74) is 2.46. The Hall–Kier alpha value is -2.56. The molecule has 2 fully saturated rings. The highest BCUT2D eigenvalue weighted by molar-refractivity contribution is 7.92. The van der Waals surface area contributed by atoms with Gasteiger partial charge in [0, 0.05) is 34.7 Å². The summed E-state index contributed by atoms with van der Waals surface area (Å²) in [7, 11) is -2.29. The van der Waals surface area contributed by atoms with Gasteiger partial charge in [0.05, 0.1) is 23.7 Å². The number of ketones is 1. The Morgan fingerprint density at radius 1 is 1.25 bits per heavy atom. The van der Waals surface area contributed by atoms with Crippen molar-refractivity contribution in [1.82, 2.24) is 5.32 Å². The van der Waals surface area contributed by atoms with Crippen molar-refractivity contribution in [2.24, 2.45) is 16.2 Å². The van der Waals surface area contributed by atoms with Crippen LogP contribution in [0.2, 0.25) is 0 Å². The van der Waals surface area contributed by atoms with Crippen LogP contribution >= 0.6 is 0 Å². The molecule has 2 aromatic rings. The van der Waals surface area contributed by atoms with Gasteiger partial charge in [0.25, 0.3) is 0 Å². The number of hydrogen-bond donors (Lipinski definition) is 1. The summed E-state index contributed by atoms with van der Waals surface area (Å²) in [6.07, 6.45) is 6.74. The highest BCUT2D eigenvalue weighted by Gasteiger charge is 2.42. The molecule has 168 valence electrons. The molecule has 2 aliphatic rings. The summed E-state index contributed by atoms with van der Waals surface area (Å²) < 4.78 is 31.0. The fraction of sp³-hybridized carbons (Fsp3) is 0.440. The van der Waals surface area contributed by atoms with Gasteiger partial charge >= 0.3 is 0 Å². The molecule has 1 aliphatic heterocycles. The van der Waals surface area contributed by atoms with E-state index in [1.54, 1.807) is 42.8 Å². The minimum absolute atomic E-state index is 0.0739. The summed E-state index contributed by atoms with van der Waals surface area (Å²) in [4.78, 5) is 12.7. The zero-order valence-corrected chi connectivity index (χ0v) is 19.2. The number of fused-ring (bicyclic) bond motifs is 2. The second-order valence-corrected chi connectivity index (χ2v) is 11.8. The van der Waals surface area contributed by atoms with Crippen molar-refractivity contribution in [2.45, 2.75) is 44.2 Å². The maximum atomic E-state index is 14.9. The second kappa shape index (κ2) is 9.13. The molecule has 4 rings (SSSR count). The molecule has 5 nitrogen and oxygen atoms in total. The van der Waals surface area contributed by atoms with E-state index in [2.05, 4.69) is 15.7 Å². The quantitative estimate of drug-likeness (QED) is 0.662. The standard InChI is InChI=1S/C25H28FN3O2S/c1-32(2,31)29-22-5-3-4-17(12-22)18-6-7-19(23(26)14-18)10-16(15-27)11-24(30)25-20-8-9-21(13-20)28-25/h3-7,12,14,16,20-21,25,28H,8-11,13H2,1-2H3/t16-,20+,21-,25+/m1/s1. The van der Waals surface area contributed by atoms with Crippen molar-refractivity contribution in [3.63, 3.8) is 0 Å². The monoisotopic (exact) mass is 453 g/mol. The van der Waals surface area contributed by atoms with Gasteiger partial charge in [0.15, 0.2) is 5.78 Å². The summed E-state index contributed by atoms with van der Waals surface area (Å²) >= 11 is 0. The number of halogens is 1. The molecule has 2 bridgehead atoms. The van der Waals surface area contributed by atoms with Crippen molar-refractivity contribution in [3.8, 4) is 17.2 Å². The Kier molecular flexibility index (Phi) is 6.45. The van der Waals surface area contributed by atoms with Crippen LogP contribution in [-0.4, -0.2) is 34.6 Å². The van der Waals surface area contributed by atoms with E-state index in [0.717, 1.165) is 24.8 Å². The van der Waals surface area contributed by atoms with E-state index in [-0.39, 0.29) is 24.7 Å². The van der Waals surface area contributed by atoms with Crippen molar-refractivity contribution in [3.05, 3.63) is 53.8 Å². The lowest BCUT2D eigenvalue weighted by molar-refractivity contribution is -0.122. The molecule has 0 unspecified atom stereocenters. The van der Waals surface area contributed by atoms with Gasteiger partial charge in [-0.2, -0.15) is 9.62 Å². The van der Waals surface area contributed by atoms with E-state index in [4.69, 9.17) is 0 Å². The molecule has 0 amide bonds. The van der Waals surface area contributed by atoms with E-state index in [0.29, 0.717) is 28.8 Å². The highest BCUT2D eigenvalue weighted by atomic mass is 32.2. The molecular weight excluding hydrogens is 425 g/mol. The van der Waals surface area contributed by atoms with Crippen LogP contribution in [0.3, 0.4) is 0 Å². The SMILES string of the molecule is CS(C)(=O)=Nc1cccc(-c2ccc(C[C@@H](C#N)CC(=O)[C@H]3N[C@@H]4CC[C@H]3C4)c(F)c2)c1. The molecule has 32 heavy (non-hydrogen) atoms. The van der Waals surface area contributed by atoms with Gasteiger partial charge in [0.2, 0.25) is 0 Å². The molecule has 1 heterocycles. The van der Waals surface area contributed by atoms with Crippen molar-refractivity contribution < 1.29 is 13.4 Å². The summed E-state index contributed by atoms with van der Waals surface area (Å²) in [6, 6.07) is 14.6. The number of piperidine rings is 1. The number of benzene rings is 2. The molecule has 2 aromatic carbocycles. The lowest BCUT2D eigenvalue weighted by atomic mass is 9.88. The van der Waals surface area contributed by atoms with Crippen molar-refractivity contribution >= 4 is 21.2 Å². The van der Waals surface area contributed by atoms with E-state index >= 15 is 0 Å². The highest BCUT2D eigenvalue weighted by Crippen LogP contribution is 2.36. The number of nitrogens with zero attached hydrogens (tertiary/aromatic N) is 2. The third-order valence-electron chi connectivity index (χ3n) is 6.36. The summed E-state index contributed by atoms with van der Waals surface area (Å²) in [6.45, 7) is 0. The molecule has 4 atom stereocenters. The predicted octanol–water partition coefficient (Wildman–Crippen LogP) is 4.63. The smallest absolute Gasteiger partial charge is 0.151 e. The molecule has 7 heteroatoms. The van der Waals surface area contributed by atoms with E-state index < -0.39 is 21.5 Å². The molecule has 0 aromatic heterocycles. The number of hydrogen-bond acceptors (Lipinski definition) is 5. The Morgan fingerprint density at radius 2 is 2.03 bits per heavy atom. The Labute approximate surface area is 189 Å². The van der Waals surface area contributed by atoms with Gasteiger partial charge in [-0.1, -0.05) is 24.3 Å². The zero-order chi connectivity index (χ0) is 22.9. The van der Waals surface area contributed by atoms with E-state index in [1.165, 1.54) is 6.07 Å². The van der Waals surface area contributed by atoms with Crippen LogP contribution in [0.1, 0.15) is 31.2 Å². The maximum absolute atomic E-state index is 14.9. The van der Waals surface area contributed by atoms with Crippen molar-refractivity contribution in [2.75, 3.05) is 12.5 Å². The van der Waals surface area contributed by atoms with Gasteiger partial charge in [-0.3, -0.25) is 4.79 Å². The summed E-state index contributed by atoms with van der Waals surface area (Å²) in [5, 5.41) is 13.0. The fourth-order valence-electron chi connectivity index (χ4n) is 4.90. The van der Waals surface area contributed by atoms with Gasteiger partial charge in [-0.25, -0.2) is 8.60 Å². The van der Waals surface area contributed by atoms with Crippen LogP contribution in [0, 0.1) is 29.0 Å². The fourth-order valence-corrected chi connectivity index (χ4v) is 5.52. The van der Waals surface area contributed by atoms with Crippen LogP contribution in [0.15, 0.2) is 46.8 Å². The second-order valence-electron chi connectivity index (χ2n) is 9.24. The first-order chi connectivity index (χ1) is 15.2. The van der Waals surface area contributed by atoms with Gasteiger partial charge < -0.3 is 5.32 Å². The third-order valence-corrected chi connectivity index (χ3v) is 7.01. The Bertz CT molecular complexity index is 1190. The average Bonchev–Trinajstić information content (AvgIpc) is 3.37. The molecule has 1 N–H and O–H groups in total. The molecular formula is C25H28FN3O2S. The first kappa shape index (κ1) is 22.6. The largest absolute Gasteiger partial charge is 0.304 e. The van der Waals surface area contributed by atoms with Crippen LogP contribution in [0.5, 0.6) is 0 Å². The van der Waals surface area contributed by atoms with Gasteiger partial charge in [0.1, 0.15) is 5.82 Å². The van der Waals surface area contributed by atoms with E-state index in [9.17, 15) is 18.7 Å². The van der Waals surface area contributed by atoms with Crippen LogP contribution in [0.25, 0.3) is 11.1 Å². The normalized spacial score (nSPS) is 23.0. The lowest BCUT2D eigenvalue weighted by Gasteiger charge is -2.22. The third kappa shape index (κ3) is 5.25.